The van der Waals surface area contributed by atoms with Crippen molar-refractivity contribution in [2.45, 2.75) is 19.8 Å². The van der Waals surface area contributed by atoms with E-state index in [1.165, 1.54) is 0 Å². The van der Waals surface area contributed by atoms with Gasteiger partial charge in [0.1, 0.15) is 5.15 Å². The average Bonchev–Trinajstić information content (AvgIpc) is 1.97. The van der Waals surface area contributed by atoms with Crippen LogP contribution in [0.2, 0.25) is 5.15 Å². The molecule has 0 spiro atoms. The molecule has 1 aromatic rings. The molecule has 0 N–H and O–H groups in total. The standard InChI is InChI=1S/C8H9BrClN/c1-2-3-6-7(9)4-5-11-8(6)10/h4-5H,2-3H2,1H3. The molecular weight excluding hydrogens is 225 g/mol. The molecule has 1 rings (SSSR count). The third-order valence-electron chi connectivity index (χ3n) is 1.45. The summed E-state index contributed by atoms with van der Waals surface area (Å²) >= 11 is 9.29. The summed E-state index contributed by atoms with van der Waals surface area (Å²) in [6.45, 7) is 2.12. The molecule has 0 fully saturated rings. The molecule has 1 nitrogen and oxygen atoms in total. The van der Waals surface area contributed by atoms with Crippen LogP contribution in [0.4, 0.5) is 0 Å². The molecule has 0 atom stereocenters. The minimum Gasteiger partial charge on any atom is -0.244 e. The third kappa shape index (κ3) is 2.17. The topological polar surface area (TPSA) is 12.9 Å². The normalized spacial score (nSPS) is 10.1. The summed E-state index contributed by atoms with van der Waals surface area (Å²) in [7, 11) is 0. The monoisotopic (exact) mass is 233 g/mol. The number of hydrogen-bond acceptors (Lipinski definition) is 1. The van der Waals surface area contributed by atoms with Gasteiger partial charge in [0.05, 0.1) is 0 Å². The van der Waals surface area contributed by atoms with E-state index in [1.807, 2.05) is 6.07 Å². The van der Waals surface area contributed by atoms with E-state index in [0.29, 0.717) is 5.15 Å². The van der Waals surface area contributed by atoms with Crippen molar-refractivity contribution in [3.63, 3.8) is 0 Å². The number of pyridine rings is 1. The van der Waals surface area contributed by atoms with Crippen LogP contribution in [0.15, 0.2) is 16.7 Å². The molecule has 0 aliphatic heterocycles. The highest BCUT2D eigenvalue weighted by molar-refractivity contribution is 9.10. The minimum atomic E-state index is 0.612. The summed E-state index contributed by atoms with van der Waals surface area (Å²) in [5, 5.41) is 0.612. The van der Waals surface area contributed by atoms with Gasteiger partial charge in [-0.1, -0.05) is 40.9 Å². The number of hydrogen-bond donors (Lipinski definition) is 0. The van der Waals surface area contributed by atoms with Crippen LogP contribution in [0.1, 0.15) is 18.9 Å². The summed E-state index contributed by atoms with van der Waals surface area (Å²) in [5.74, 6) is 0. The van der Waals surface area contributed by atoms with Crippen molar-refractivity contribution in [2.24, 2.45) is 0 Å². The third-order valence-corrected chi connectivity index (χ3v) is 2.51. The lowest BCUT2D eigenvalue weighted by atomic mass is 10.2. The van der Waals surface area contributed by atoms with Crippen LogP contribution in [0.5, 0.6) is 0 Å². The molecule has 1 heterocycles. The molecule has 11 heavy (non-hydrogen) atoms. The van der Waals surface area contributed by atoms with Gasteiger partial charge in [-0.15, -0.1) is 0 Å². The van der Waals surface area contributed by atoms with E-state index in [0.717, 1.165) is 22.9 Å². The molecule has 0 aromatic carbocycles. The quantitative estimate of drug-likeness (QED) is 0.714. The summed E-state index contributed by atoms with van der Waals surface area (Å²) in [6.07, 6.45) is 3.77. The van der Waals surface area contributed by atoms with Crippen molar-refractivity contribution >= 4 is 27.5 Å². The number of rotatable bonds is 2. The first kappa shape index (κ1) is 9.01. The smallest absolute Gasteiger partial charge is 0.133 e. The molecule has 1 aromatic heterocycles. The Bertz CT molecular complexity index is 230. The molecular formula is C8H9BrClN. The Balaban J connectivity index is 3.00. The van der Waals surface area contributed by atoms with Gasteiger partial charge in [-0.3, -0.25) is 0 Å². The minimum absolute atomic E-state index is 0.612. The van der Waals surface area contributed by atoms with E-state index in [4.69, 9.17) is 11.6 Å². The molecule has 0 radical (unpaired) electrons. The second kappa shape index (κ2) is 4.07. The fraction of sp³-hybridized carbons (Fsp3) is 0.375. The Morgan fingerprint density at radius 2 is 2.36 bits per heavy atom. The van der Waals surface area contributed by atoms with Crippen LogP contribution >= 0.6 is 27.5 Å². The van der Waals surface area contributed by atoms with Crippen LogP contribution in [0.25, 0.3) is 0 Å². The van der Waals surface area contributed by atoms with E-state index >= 15 is 0 Å². The lowest BCUT2D eigenvalue weighted by Gasteiger charge is -2.02. The zero-order chi connectivity index (χ0) is 8.27. The molecule has 0 bridgehead atoms. The molecule has 0 amide bonds. The second-order valence-corrected chi connectivity index (χ2v) is 3.52. The molecule has 0 saturated heterocycles. The Morgan fingerprint density at radius 1 is 1.64 bits per heavy atom. The van der Waals surface area contributed by atoms with Crippen LogP contribution in [-0.2, 0) is 6.42 Å². The van der Waals surface area contributed by atoms with Crippen molar-refractivity contribution in [3.8, 4) is 0 Å². The Kier molecular flexibility index (Phi) is 3.34. The van der Waals surface area contributed by atoms with Crippen LogP contribution < -0.4 is 0 Å². The zero-order valence-electron chi connectivity index (χ0n) is 6.27. The van der Waals surface area contributed by atoms with Gasteiger partial charge in [0.15, 0.2) is 0 Å². The zero-order valence-corrected chi connectivity index (χ0v) is 8.61. The molecule has 0 aliphatic carbocycles. The predicted octanol–water partition coefficient (Wildman–Crippen LogP) is 3.45. The summed E-state index contributed by atoms with van der Waals surface area (Å²) in [4.78, 5) is 3.99. The predicted molar refractivity (Wildman–Crippen MR) is 50.9 cm³/mol. The van der Waals surface area contributed by atoms with Gasteiger partial charge in [-0.05, 0) is 12.5 Å². The van der Waals surface area contributed by atoms with E-state index in [1.54, 1.807) is 6.20 Å². The van der Waals surface area contributed by atoms with Crippen LogP contribution in [0, 0.1) is 0 Å². The first-order valence-corrected chi connectivity index (χ1v) is 4.71. The lowest BCUT2D eigenvalue weighted by Crippen LogP contribution is -1.89. The van der Waals surface area contributed by atoms with Gasteiger partial charge >= 0.3 is 0 Å². The van der Waals surface area contributed by atoms with Crippen molar-refractivity contribution in [2.75, 3.05) is 0 Å². The maximum atomic E-state index is 5.87. The number of aromatic nitrogens is 1. The highest BCUT2D eigenvalue weighted by Gasteiger charge is 2.03. The summed E-state index contributed by atoms with van der Waals surface area (Å²) < 4.78 is 1.05. The maximum absolute atomic E-state index is 5.87. The van der Waals surface area contributed by atoms with Crippen LogP contribution in [-0.4, -0.2) is 4.98 Å². The van der Waals surface area contributed by atoms with Crippen LogP contribution in [0.3, 0.4) is 0 Å². The highest BCUT2D eigenvalue weighted by Crippen LogP contribution is 2.23. The number of halogens is 2. The van der Waals surface area contributed by atoms with Gasteiger partial charge in [0, 0.05) is 16.2 Å². The second-order valence-electron chi connectivity index (χ2n) is 2.31. The largest absolute Gasteiger partial charge is 0.244 e. The first-order valence-electron chi connectivity index (χ1n) is 3.54. The first-order chi connectivity index (χ1) is 5.25. The van der Waals surface area contributed by atoms with Crippen molar-refractivity contribution in [1.82, 2.24) is 4.98 Å². The Hall–Kier alpha value is -0.0800. The van der Waals surface area contributed by atoms with Gasteiger partial charge in [-0.2, -0.15) is 0 Å². The summed E-state index contributed by atoms with van der Waals surface area (Å²) in [5.41, 5.74) is 1.11. The molecule has 60 valence electrons. The van der Waals surface area contributed by atoms with Gasteiger partial charge in [-0.25, -0.2) is 4.98 Å². The van der Waals surface area contributed by atoms with Crippen molar-refractivity contribution < 1.29 is 0 Å². The molecule has 3 heteroatoms. The maximum Gasteiger partial charge on any atom is 0.133 e. The van der Waals surface area contributed by atoms with Crippen molar-refractivity contribution in [3.05, 3.63) is 27.5 Å². The van der Waals surface area contributed by atoms with Crippen molar-refractivity contribution in [1.29, 1.82) is 0 Å². The lowest BCUT2D eigenvalue weighted by molar-refractivity contribution is 0.908. The van der Waals surface area contributed by atoms with Gasteiger partial charge in [0.25, 0.3) is 0 Å². The van der Waals surface area contributed by atoms with Gasteiger partial charge < -0.3 is 0 Å². The van der Waals surface area contributed by atoms with Gasteiger partial charge in [0.2, 0.25) is 0 Å². The molecule has 0 unspecified atom stereocenters. The van der Waals surface area contributed by atoms with E-state index in [9.17, 15) is 0 Å². The Morgan fingerprint density at radius 3 is 2.91 bits per heavy atom. The summed E-state index contributed by atoms with van der Waals surface area (Å²) in [6, 6.07) is 1.91. The number of nitrogens with zero attached hydrogens (tertiary/aromatic N) is 1. The SMILES string of the molecule is CCCc1c(Br)ccnc1Cl. The Labute approximate surface area is 79.9 Å². The highest BCUT2D eigenvalue weighted by atomic mass is 79.9. The van der Waals surface area contributed by atoms with E-state index in [2.05, 4.69) is 27.8 Å². The molecule has 0 saturated carbocycles. The fourth-order valence-electron chi connectivity index (χ4n) is 0.918. The van der Waals surface area contributed by atoms with E-state index < -0.39 is 0 Å². The fourth-order valence-corrected chi connectivity index (χ4v) is 1.79. The molecule has 0 aliphatic rings. The van der Waals surface area contributed by atoms with E-state index in [-0.39, 0.29) is 0 Å². The average molecular weight is 235 g/mol.